The molecule has 3 aliphatic heterocycles. The van der Waals surface area contributed by atoms with Gasteiger partial charge in [-0.1, -0.05) is 13.8 Å². The number of benzene rings is 1. The normalized spacial score (nSPS) is 26.4. The molecule has 2 saturated heterocycles. The summed E-state index contributed by atoms with van der Waals surface area (Å²) < 4.78 is 10.7. The third kappa shape index (κ3) is 4.38. The maximum absolute atomic E-state index is 12.8. The van der Waals surface area contributed by atoms with E-state index in [9.17, 15) is 4.79 Å². The Bertz CT molecular complexity index is 663. The third-order valence-electron chi connectivity index (χ3n) is 5.96. The van der Waals surface area contributed by atoms with E-state index in [1.165, 1.54) is 19.5 Å². The van der Waals surface area contributed by atoms with Crippen LogP contribution in [0.4, 0.5) is 0 Å². The highest BCUT2D eigenvalue weighted by Crippen LogP contribution is 2.32. The molecule has 27 heavy (non-hydrogen) atoms. The summed E-state index contributed by atoms with van der Waals surface area (Å²) in [7, 11) is 0. The van der Waals surface area contributed by atoms with E-state index in [-0.39, 0.29) is 12.7 Å². The van der Waals surface area contributed by atoms with Crippen LogP contribution in [0.5, 0.6) is 11.5 Å². The standard InChI is InChI=1S/C21H31N3O3/c1-16-11-17(2)14-23(13-16)6-5-22-7-9-24(10-8-22)21(25)18-3-4-19-20(12-18)27-15-26-19/h3-4,12,16-17H,5-11,13-15H2,1-2H3. The molecule has 6 heteroatoms. The first-order valence-electron chi connectivity index (χ1n) is 10.2. The lowest BCUT2D eigenvalue weighted by Gasteiger charge is -2.38. The molecule has 0 radical (unpaired) electrons. The van der Waals surface area contributed by atoms with Crippen molar-refractivity contribution < 1.29 is 14.3 Å². The summed E-state index contributed by atoms with van der Waals surface area (Å²) in [5.41, 5.74) is 0.684. The van der Waals surface area contributed by atoms with Crippen LogP contribution in [0.1, 0.15) is 30.6 Å². The Morgan fingerprint density at radius 1 is 0.963 bits per heavy atom. The molecule has 2 unspecified atom stereocenters. The summed E-state index contributed by atoms with van der Waals surface area (Å²) in [5, 5.41) is 0. The molecule has 0 N–H and O–H groups in total. The van der Waals surface area contributed by atoms with E-state index in [1.807, 2.05) is 17.0 Å². The van der Waals surface area contributed by atoms with E-state index in [1.54, 1.807) is 6.07 Å². The van der Waals surface area contributed by atoms with Crippen molar-refractivity contribution in [3.05, 3.63) is 23.8 Å². The number of likely N-dealkylation sites (tertiary alicyclic amines) is 1. The minimum absolute atomic E-state index is 0.0895. The fourth-order valence-corrected chi connectivity index (χ4v) is 4.64. The van der Waals surface area contributed by atoms with Crippen molar-refractivity contribution in [1.29, 1.82) is 0 Å². The SMILES string of the molecule is CC1CC(C)CN(CCN2CCN(C(=O)c3ccc4c(c3)OCO4)CC2)C1. The maximum atomic E-state index is 12.8. The summed E-state index contributed by atoms with van der Waals surface area (Å²) in [5.74, 6) is 3.10. The fraction of sp³-hybridized carbons (Fsp3) is 0.667. The zero-order valence-corrected chi connectivity index (χ0v) is 16.5. The third-order valence-corrected chi connectivity index (χ3v) is 5.96. The van der Waals surface area contributed by atoms with Gasteiger partial charge in [-0.25, -0.2) is 0 Å². The van der Waals surface area contributed by atoms with Crippen molar-refractivity contribution in [3.63, 3.8) is 0 Å². The van der Waals surface area contributed by atoms with Crippen LogP contribution in [-0.4, -0.2) is 79.8 Å². The van der Waals surface area contributed by atoms with Crippen molar-refractivity contribution in [2.75, 3.05) is 59.2 Å². The number of hydrogen-bond acceptors (Lipinski definition) is 5. The van der Waals surface area contributed by atoms with Crippen molar-refractivity contribution in [2.45, 2.75) is 20.3 Å². The summed E-state index contributed by atoms with van der Waals surface area (Å²) in [6.45, 7) is 13.2. The van der Waals surface area contributed by atoms with Crippen LogP contribution in [0, 0.1) is 11.8 Å². The molecular formula is C21H31N3O3. The molecule has 0 spiro atoms. The van der Waals surface area contributed by atoms with Crippen molar-refractivity contribution in [1.82, 2.24) is 14.7 Å². The van der Waals surface area contributed by atoms with Gasteiger partial charge in [-0.3, -0.25) is 9.69 Å². The van der Waals surface area contributed by atoms with Crippen LogP contribution >= 0.6 is 0 Å². The number of hydrogen-bond donors (Lipinski definition) is 0. The number of piperidine rings is 1. The molecule has 3 aliphatic rings. The van der Waals surface area contributed by atoms with Crippen LogP contribution < -0.4 is 9.47 Å². The number of ether oxygens (including phenoxy) is 2. The molecule has 4 rings (SSSR count). The highest BCUT2D eigenvalue weighted by Gasteiger charge is 2.25. The molecule has 2 atom stereocenters. The van der Waals surface area contributed by atoms with Crippen LogP contribution in [-0.2, 0) is 0 Å². The number of carbonyl (C=O) groups is 1. The van der Waals surface area contributed by atoms with E-state index in [2.05, 4.69) is 23.6 Å². The number of rotatable bonds is 4. The van der Waals surface area contributed by atoms with E-state index < -0.39 is 0 Å². The average molecular weight is 373 g/mol. The Balaban J connectivity index is 1.24. The second kappa shape index (κ2) is 8.07. The van der Waals surface area contributed by atoms with Gasteiger partial charge in [-0.15, -0.1) is 0 Å². The van der Waals surface area contributed by atoms with Gasteiger partial charge in [0.05, 0.1) is 0 Å². The van der Waals surface area contributed by atoms with Crippen molar-refractivity contribution >= 4 is 5.91 Å². The number of amides is 1. The Kier molecular flexibility index (Phi) is 5.55. The number of nitrogens with zero attached hydrogens (tertiary/aromatic N) is 3. The minimum atomic E-state index is 0.0895. The zero-order chi connectivity index (χ0) is 18.8. The van der Waals surface area contributed by atoms with Gasteiger partial charge in [0.1, 0.15) is 0 Å². The van der Waals surface area contributed by atoms with Crippen LogP contribution in [0.25, 0.3) is 0 Å². The number of carbonyl (C=O) groups excluding carboxylic acids is 1. The van der Waals surface area contributed by atoms with Gasteiger partial charge < -0.3 is 19.3 Å². The van der Waals surface area contributed by atoms with Gasteiger partial charge in [-0.05, 0) is 36.5 Å². The van der Waals surface area contributed by atoms with E-state index in [4.69, 9.17) is 9.47 Å². The Labute approximate surface area is 162 Å². The maximum Gasteiger partial charge on any atom is 0.254 e. The predicted octanol–water partition coefficient (Wildman–Crippen LogP) is 2.15. The molecule has 2 fully saturated rings. The van der Waals surface area contributed by atoms with E-state index in [0.717, 1.165) is 56.9 Å². The molecule has 0 bridgehead atoms. The monoisotopic (exact) mass is 373 g/mol. The van der Waals surface area contributed by atoms with Crippen LogP contribution in [0.2, 0.25) is 0 Å². The highest BCUT2D eigenvalue weighted by atomic mass is 16.7. The van der Waals surface area contributed by atoms with Crippen molar-refractivity contribution in [3.8, 4) is 11.5 Å². The first-order chi connectivity index (χ1) is 13.1. The molecule has 0 aromatic heterocycles. The van der Waals surface area contributed by atoms with Gasteiger partial charge in [0.2, 0.25) is 6.79 Å². The second-order valence-electron chi connectivity index (χ2n) is 8.41. The Morgan fingerprint density at radius 3 is 2.37 bits per heavy atom. The lowest BCUT2D eigenvalue weighted by molar-refractivity contribution is 0.0600. The molecule has 1 aromatic carbocycles. The number of piperazine rings is 1. The summed E-state index contributed by atoms with van der Waals surface area (Å²) in [4.78, 5) is 19.9. The topological polar surface area (TPSA) is 45.2 Å². The first-order valence-corrected chi connectivity index (χ1v) is 10.2. The van der Waals surface area contributed by atoms with Crippen LogP contribution in [0.3, 0.4) is 0 Å². The molecule has 3 heterocycles. The van der Waals surface area contributed by atoms with Gasteiger partial charge >= 0.3 is 0 Å². The van der Waals surface area contributed by atoms with E-state index >= 15 is 0 Å². The molecule has 0 aliphatic carbocycles. The fourth-order valence-electron chi connectivity index (χ4n) is 4.64. The zero-order valence-electron chi connectivity index (χ0n) is 16.5. The van der Waals surface area contributed by atoms with Gasteiger partial charge in [0, 0.05) is 57.9 Å². The van der Waals surface area contributed by atoms with Crippen LogP contribution in [0.15, 0.2) is 18.2 Å². The number of fused-ring (bicyclic) bond motifs is 1. The molecule has 1 amide bonds. The summed E-state index contributed by atoms with van der Waals surface area (Å²) >= 11 is 0. The Morgan fingerprint density at radius 2 is 1.63 bits per heavy atom. The smallest absolute Gasteiger partial charge is 0.254 e. The average Bonchev–Trinajstić information content (AvgIpc) is 3.13. The van der Waals surface area contributed by atoms with Gasteiger partial charge in [0.15, 0.2) is 11.5 Å². The molecule has 148 valence electrons. The lowest BCUT2D eigenvalue weighted by atomic mass is 9.92. The molecule has 6 nitrogen and oxygen atoms in total. The Hall–Kier alpha value is -1.79. The largest absolute Gasteiger partial charge is 0.454 e. The lowest BCUT2D eigenvalue weighted by Crippen LogP contribution is -2.51. The quantitative estimate of drug-likeness (QED) is 0.809. The summed E-state index contributed by atoms with van der Waals surface area (Å²) in [6.07, 6.45) is 1.36. The molecular weight excluding hydrogens is 342 g/mol. The minimum Gasteiger partial charge on any atom is -0.454 e. The van der Waals surface area contributed by atoms with E-state index in [0.29, 0.717) is 11.3 Å². The van der Waals surface area contributed by atoms with Gasteiger partial charge in [-0.2, -0.15) is 0 Å². The van der Waals surface area contributed by atoms with Gasteiger partial charge in [0.25, 0.3) is 5.91 Å². The van der Waals surface area contributed by atoms with Crippen molar-refractivity contribution in [2.24, 2.45) is 11.8 Å². The first kappa shape index (κ1) is 18.6. The molecule has 0 saturated carbocycles. The highest BCUT2D eigenvalue weighted by molar-refractivity contribution is 5.95. The summed E-state index contributed by atoms with van der Waals surface area (Å²) in [6, 6.07) is 5.46. The second-order valence-corrected chi connectivity index (χ2v) is 8.41. The predicted molar refractivity (Wildman–Crippen MR) is 104 cm³/mol. The molecule has 1 aromatic rings.